The van der Waals surface area contributed by atoms with Crippen LogP contribution in [0.25, 0.3) is 0 Å². The summed E-state index contributed by atoms with van der Waals surface area (Å²) in [5.74, 6) is -0.681. The average molecular weight is 232 g/mol. The lowest BCUT2D eigenvalue weighted by molar-refractivity contribution is -0.137. The van der Waals surface area contributed by atoms with Crippen LogP contribution in [0.5, 0.6) is 0 Å². The zero-order chi connectivity index (χ0) is 12.3. The molecule has 0 aromatic heterocycles. The Bertz CT molecular complexity index is 373. The molecule has 0 radical (unpaired) electrons. The summed E-state index contributed by atoms with van der Waals surface area (Å²) in [6.07, 6.45) is -4.22. The van der Waals surface area contributed by atoms with E-state index >= 15 is 0 Å². The third-order valence-electron chi connectivity index (χ3n) is 2.10. The minimum atomic E-state index is -4.36. The van der Waals surface area contributed by atoms with E-state index in [1.165, 1.54) is 12.1 Å². The number of amides is 1. The van der Waals surface area contributed by atoms with Crippen LogP contribution in [-0.4, -0.2) is 11.9 Å². The second-order valence-corrected chi connectivity index (χ2v) is 3.41. The van der Waals surface area contributed by atoms with Gasteiger partial charge in [-0.05, 0) is 24.1 Å². The highest BCUT2D eigenvalue weighted by molar-refractivity contribution is 5.79. The van der Waals surface area contributed by atoms with E-state index in [0.717, 1.165) is 12.1 Å². The molecule has 0 aliphatic rings. The van der Waals surface area contributed by atoms with Crippen molar-refractivity contribution in [2.75, 3.05) is 0 Å². The Hall–Kier alpha value is -1.56. The summed E-state index contributed by atoms with van der Waals surface area (Å²) in [5, 5.41) is 0. The van der Waals surface area contributed by atoms with E-state index in [1.54, 1.807) is 0 Å². The predicted octanol–water partition coefficient (Wildman–Crippen LogP) is 1.06. The van der Waals surface area contributed by atoms with E-state index in [2.05, 4.69) is 0 Å². The van der Waals surface area contributed by atoms with E-state index < -0.39 is 23.7 Å². The van der Waals surface area contributed by atoms with Crippen LogP contribution in [0.15, 0.2) is 24.3 Å². The molecule has 6 heteroatoms. The molecule has 0 saturated carbocycles. The molecule has 88 valence electrons. The summed E-state index contributed by atoms with van der Waals surface area (Å²) in [4.78, 5) is 10.6. The van der Waals surface area contributed by atoms with Crippen LogP contribution in [0.4, 0.5) is 13.2 Å². The molecule has 0 heterocycles. The Morgan fingerprint density at radius 1 is 1.25 bits per heavy atom. The number of rotatable bonds is 3. The predicted molar refractivity (Wildman–Crippen MR) is 52.3 cm³/mol. The first-order valence-electron chi connectivity index (χ1n) is 4.51. The van der Waals surface area contributed by atoms with Crippen LogP contribution in [0.1, 0.15) is 11.1 Å². The first-order chi connectivity index (χ1) is 7.30. The maximum atomic E-state index is 12.2. The van der Waals surface area contributed by atoms with Gasteiger partial charge in [0.2, 0.25) is 5.91 Å². The van der Waals surface area contributed by atoms with Gasteiger partial charge in [0, 0.05) is 0 Å². The minimum absolute atomic E-state index is 0.132. The molecule has 0 spiro atoms. The quantitative estimate of drug-likeness (QED) is 0.818. The topological polar surface area (TPSA) is 69.1 Å². The summed E-state index contributed by atoms with van der Waals surface area (Å²) in [6.45, 7) is 0. The van der Waals surface area contributed by atoms with Gasteiger partial charge in [0.05, 0.1) is 11.6 Å². The summed E-state index contributed by atoms with van der Waals surface area (Å²) in [5.41, 5.74) is 10.1. The number of carbonyl (C=O) groups is 1. The summed E-state index contributed by atoms with van der Waals surface area (Å²) < 4.78 is 36.6. The number of nitrogens with two attached hydrogens (primary N) is 2. The van der Waals surface area contributed by atoms with Crippen molar-refractivity contribution >= 4 is 5.91 Å². The number of benzene rings is 1. The number of halogens is 3. The molecule has 0 aliphatic carbocycles. The van der Waals surface area contributed by atoms with Crippen LogP contribution < -0.4 is 11.5 Å². The van der Waals surface area contributed by atoms with Crippen LogP contribution in [0.3, 0.4) is 0 Å². The zero-order valence-electron chi connectivity index (χ0n) is 8.29. The Balaban J connectivity index is 2.76. The smallest absolute Gasteiger partial charge is 0.368 e. The molecule has 4 N–H and O–H groups in total. The summed E-state index contributed by atoms with van der Waals surface area (Å²) >= 11 is 0. The third-order valence-corrected chi connectivity index (χ3v) is 2.10. The van der Waals surface area contributed by atoms with Gasteiger partial charge in [-0.1, -0.05) is 12.1 Å². The fraction of sp³-hybridized carbons (Fsp3) is 0.300. The highest BCUT2D eigenvalue weighted by atomic mass is 19.4. The van der Waals surface area contributed by atoms with Gasteiger partial charge in [-0.3, -0.25) is 4.79 Å². The number of carbonyl (C=O) groups excluding carboxylic acids is 1. The van der Waals surface area contributed by atoms with E-state index in [1.807, 2.05) is 0 Å². The lowest BCUT2D eigenvalue weighted by atomic mass is 10.0. The first kappa shape index (κ1) is 12.5. The van der Waals surface area contributed by atoms with Crippen molar-refractivity contribution in [2.24, 2.45) is 11.5 Å². The van der Waals surface area contributed by atoms with Crippen LogP contribution in [0, 0.1) is 0 Å². The molecule has 16 heavy (non-hydrogen) atoms. The Kier molecular flexibility index (Phi) is 3.54. The van der Waals surface area contributed by atoms with Crippen LogP contribution in [0.2, 0.25) is 0 Å². The van der Waals surface area contributed by atoms with Crippen molar-refractivity contribution in [3.63, 3.8) is 0 Å². The number of primary amides is 1. The lowest BCUT2D eigenvalue weighted by Crippen LogP contribution is -2.38. The van der Waals surface area contributed by atoms with Crippen molar-refractivity contribution in [3.8, 4) is 0 Å². The van der Waals surface area contributed by atoms with E-state index in [4.69, 9.17) is 11.5 Å². The third kappa shape index (κ3) is 3.23. The molecule has 3 nitrogen and oxygen atoms in total. The molecule has 1 aromatic rings. The molecule has 0 bridgehead atoms. The Labute approximate surface area is 90.2 Å². The largest absolute Gasteiger partial charge is 0.416 e. The van der Waals surface area contributed by atoms with Gasteiger partial charge in [-0.2, -0.15) is 13.2 Å². The molecular weight excluding hydrogens is 221 g/mol. The lowest BCUT2D eigenvalue weighted by Gasteiger charge is -2.09. The van der Waals surface area contributed by atoms with Gasteiger partial charge in [0.25, 0.3) is 0 Å². The maximum Gasteiger partial charge on any atom is 0.416 e. The Morgan fingerprint density at radius 2 is 1.75 bits per heavy atom. The number of hydrogen-bond acceptors (Lipinski definition) is 2. The van der Waals surface area contributed by atoms with E-state index in [9.17, 15) is 18.0 Å². The second-order valence-electron chi connectivity index (χ2n) is 3.41. The zero-order valence-corrected chi connectivity index (χ0v) is 8.29. The van der Waals surface area contributed by atoms with Gasteiger partial charge < -0.3 is 11.5 Å². The molecule has 0 fully saturated rings. The number of hydrogen-bond donors (Lipinski definition) is 2. The normalized spacial score (nSPS) is 13.5. The second kappa shape index (κ2) is 4.52. The van der Waals surface area contributed by atoms with Crippen molar-refractivity contribution < 1.29 is 18.0 Å². The standard InChI is InChI=1S/C10H11F3N2O/c11-10(12,13)7-3-1-6(2-4-7)5-8(14)9(15)16/h1-4,8H,5,14H2,(H2,15,16)/t8-/m0/s1. The van der Waals surface area contributed by atoms with Gasteiger partial charge in [0.1, 0.15) is 0 Å². The Morgan fingerprint density at radius 3 is 2.12 bits per heavy atom. The van der Waals surface area contributed by atoms with Gasteiger partial charge in [-0.25, -0.2) is 0 Å². The SMILES string of the molecule is NC(=O)[C@@H](N)Cc1ccc(C(F)(F)F)cc1. The fourth-order valence-electron chi connectivity index (χ4n) is 1.18. The van der Waals surface area contributed by atoms with E-state index in [0.29, 0.717) is 5.56 Å². The molecule has 1 aromatic carbocycles. The van der Waals surface area contributed by atoms with Crippen LogP contribution in [-0.2, 0) is 17.4 Å². The molecule has 0 unspecified atom stereocenters. The molecule has 1 rings (SSSR count). The van der Waals surface area contributed by atoms with Gasteiger partial charge in [0.15, 0.2) is 0 Å². The highest BCUT2D eigenvalue weighted by Gasteiger charge is 2.29. The molecular formula is C10H11F3N2O. The minimum Gasteiger partial charge on any atom is -0.368 e. The monoisotopic (exact) mass is 232 g/mol. The molecule has 0 aliphatic heterocycles. The van der Waals surface area contributed by atoms with Crippen molar-refractivity contribution in [2.45, 2.75) is 18.6 Å². The number of alkyl halides is 3. The molecule has 1 amide bonds. The van der Waals surface area contributed by atoms with Crippen LogP contribution >= 0.6 is 0 Å². The average Bonchev–Trinajstić information content (AvgIpc) is 2.17. The van der Waals surface area contributed by atoms with Gasteiger partial charge >= 0.3 is 6.18 Å². The van der Waals surface area contributed by atoms with E-state index in [-0.39, 0.29) is 6.42 Å². The molecule has 0 saturated heterocycles. The van der Waals surface area contributed by atoms with Gasteiger partial charge in [-0.15, -0.1) is 0 Å². The first-order valence-corrected chi connectivity index (χ1v) is 4.51. The molecule has 1 atom stereocenters. The maximum absolute atomic E-state index is 12.2. The van der Waals surface area contributed by atoms with Crippen molar-refractivity contribution in [1.29, 1.82) is 0 Å². The summed E-state index contributed by atoms with van der Waals surface area (Å²) in [6, 6.07) is 3.58. The van der Waals surface area contributed by atoms with Crippen molar-refractivity contribution in [3.05, 3.63) is 35.4 Å². The summed E-state index contributed by atoms with van der Waals surface area (Å²) in [7, 11) is 0. The van der Waals surface area contributed by atoms with Crippen molar-refractivity contribution in [1.82, 2.24) is 0 Å². The fourth-order valence-corrected chi connectivity index (χ4v) is 1.18. The highest BCUT2D eigenvalue weighted by Crippen LogP contribution is 2.29.